The van der Waals surface area contributed by atoms with Crippen LogP contribution < -0.4 is 0 Å². The molecular formula is C14H10BrFO. The highest BCUT2D eigenvalue weighted by Gasteiger charge is 2.11. The molecule has 86 valence electrons. The predicted molar refractivity (Wildman–Crippen MR) is 68.7 cm³/mol. The average Bonchev–Trinajstić information content (AvgIpc) is 2.32. The van der Waals surface area contributed by atoms with Crippen molar-refractivity contribution in [1.29, 1.82) is 0 Å². The molecule has 0 spiro atoms. The Balaban J connectivity index is 2.40. The molecule has 3 heteroatoms. The SMILES string of the molecule is Cc1cccc(C(=O)c2ccc(Br)c(F)c2)c1. The van der Waals surface area contributed by atoms with Crippen molar-refractivity contribution < 1.29 is 9.18 Å². The van der Waals surface area contributed by atoms with Crippen LogP contribution in [0.15, 0.2) is 46.9 Å². The third-order valence-corrected chi connectivity index (χ3v) is 3.11. The lowest BCUT2D eigenvalue weighted by Gasteiger charge is -2.03. The lowest BCUT2D eigenvalue weighted by molar-refractivity contribution is 0.103. The minimum Gasteiger partial charge on any atom is -0.289 e. The van der Waals surface area contributed by atoms with Crippen molar-refractivity contribution in [3.05, 3.63) is 69.4 Å². The van der Waals surface area contributed by atoms with E-state index >= 15 is 0 Å². The Morgan fingerprint density at radius 2 is 1.82 bits per heavy atom. The van der Waals surface area contributed by atoms with E-state index in [0.29, 0.717) is 15.6 Å². The summed E-state index contributed by atoms with van der Waals surface area (Å²) in [7, 11) is 0. The zero-order chi connectivity index (χ0) is 12.4. The number of ketones is 1. The molecule has 0 N–H and O–H groups in total. The fourth-order valence-electron chi connectivity index (χ4n) is 1.59. The summed E-state index contributed by atoms with van der Waals surface area (Å²) in [5.41, 5.74) is 1.94. The van der Waals surface area contributed by atoms with E-state index in [1.807, 2.05) is 19.1 Å². The van der Waals surface area contributed by atoms with Gasteiger partial charge in [0.25, 0.3) is 0 Å². The molecule has 2 aromatic carbocycles. The fourth-order valence-corrected chi connectivity index (χ4v) is 1.84. The largest absolute Gasteiger partial charge is 0.289 e. The molecule has 0 saturated carbocycles. The van der Waals surface area contributed by atoms with Gasteiger partial charge in [-0.2, -0.15) is 0 Å². The molecule has 2 rings (SSSR count). The predicted octanol–water partition coefficient (Wildman–Crippen LogP) is 4.13. The number of halogens is 2. The Morgan fingerprint density at radius 3 is 2.47 bits per heavy atom. The molecule has 0 aliphatic carbocycles. The van der Waals surface area contributed by atoms with Crippen molar-refractivity contribution in [2.45, 2.75) is 6.92 Å². The fraction of sp³-hybridized carbons (Fsp3) is 0.0714. The number of aryl methyl sites for hydroxylation is 1. The van der Waals surface area contributed by atoms with Gasteiger partial charge in [-0.15, -0.1) is 0 Å². The Morgan fingerprint density at radius 1 is 1.12 bits per heavy atom. The Bertz CT molecular complexity index is 578. The lowest BCUT2D eigenvalue weighted by atomic mass is 10.0. The number of hydrogen-bond acceptors (Lipinski definition) is 1. The van der Waals surface area contributed by atoms with Gasteiger partial charge in [0.05, 0.1) is 4.47 Å². The van der Waals surface area contributed by atoms with E-state index < -0.39 is 5.82 Å². The van der Waals surface area contributed by atoms with Crippen LogP contribution >= 0.6 is 15.9 Å². The summed E-state index contributed by atoms with van der Waals surface area (Å²) in [5.74, 6) is -0.594. The van der Waals surface area contributed by atoms with Gasteiger partial charge in [0.1, 0.15) is 5.82 Å². The van der Waals surface area contributed by atoms with E-state index in [4.69, 9.17) is 0 Å². The third-order valence-electron chi connectivity index (χ3n) is 2.46. The summed E-state index contributed by atoms with van der Waals surface area (Å²) in [4.78, 5) is 12.1. The van der Waals surface area contributed by atoms with Gasteiger partial charge in [0.2, 0.25) is 0 Å². The molecule has 0 aliphatic heterocycles. The van der Waals surface area contributed by atoms with Gasteiger partial charge in [0.15, 0.2) is 5.78 Å². The standard InChI is InChI=1S/C14H10BrFO/c1-9-3-2-4-10(7-9)14(17)11-5-6-12(15)13(16)8-11/h2-8H,1H3. The van der Waals surface area contributed by atoms with Crippen LogP contribution in [-0.4, -0.2) is 5.78 Å². The van der Waals surface area contributed by atoms with E-state index in [1.165, 1.54) is 6.07 Å². The van der Waals surface area contributed by atoms with E-state index in [-0.39, 0.29) is 5.78 Å². The van der Waals surface area contributed by atoms with Crippen LogP contribution in [0.25, 0.3) is 0 Å². The molecule has 0 bridgehead atoms. The molecule has 2 aromatic rings. The molecule has 0 saturated heterocycles. The quantitative estimate of drug-likeness (QED) is 0.761. The van der Waals surface area contributed by atoms with Crippen LogP contribution in [0.5, 0.6) is 0 Å². The highest BCUT2D eigenvalue weighted by Crippen LogP contribution is 2.19. The van der Waals surface area contributed by atoms with Gasteiger partial charge >= 0.3 is 0 Å². The zero-order valence-corrected chi connectivity index (χ0v) is 10.8. The highest BCUT2D eigenvalue weighted by molar-refractivity contribution is 9.10. The van der Waals surface area contributed by atoms with Crippen LogP contribution in [0.1, 0.15) is 21.5 Å². The molecule has 0 heterocycles. The normalized spacial score (nSPS) is 10.3. The van der Waals surface area contributed by atoms with E-state index in [9.17, 15) is 9.18 Å². The molecule has 1 nitrogen and oxygen atoms in total. The summed E-state index contributed by atoms with van der Waals surface area (Å²) in [6.45, 7) is 1.92. The van der Waals surface area contributed by atoms with Gasteiger partial charge in [-0.05, 0) is 47.1 Å². The van der Waals surface area contributed by atoms with Crippen molar-refractivity contribution in [2.24, 2.45) is 0 Å². The maximum atomic E-state index is 13.3. The highest BCUT2D eigenvalue weighted by atomic mass is 79.9. The molecule has 0 radical (unpaired) electrons. The van der Waals surface area contributed by atoms with Gasteiger partial charge < -0.3 is 0 Å². The Hall–Kier alpha value is -1.48. The van der Waals surface area contributed by atoms with E-state index in [2.05, 4.69) is 15.9 Å². The topological polar surface area (TPSA) is 17.1 Å². The summed E-state index contributed by atoms with van der Waals surface area (Å²) in [5, 5.41) is 0. The van der Waals surface area contributed by atoms with E-state index in [1.54, 1.807) is 24.3 Å². The first kappa shape index (κ1) is 12.0. The maximum Gasteiger partial charge on any atom is 0.193 e. The third kappa shape index (κ3) is 2.61. The molecule has 0 atom stereocenters. The summed E-state index contributed by atoms with van der Waals surface area (Å²) < 4.78 is 13.7. The lowest BCUT2D eigenvalue weighted by Crippen LogP contribution is -2.02. The first-order valence-corrected chi connectivity index (χ1v) is 5.93. The summed E-state index contributed by atoms with van der Waals surface area (Å²) >= 11 is 3.06. The Kier molecular flexibility index (Phi) is 3.38. The van der Waals surface area contributed by atoms with Gasteiger partial charge in [0, 0.05) is 11.1 Å². The minimum absolute atomic E-state index is 0.167. The number of hydrogen-bond donors (Lipinski definition) is 0. The maximum absolute atomic E-state index is 13.3. The number of benzene rings is 2. The molecule has 0 unspecified atom stereocenters. The Labute approximate surface area is 107 Å². The number of rotatable bonds is 2. The zero-order valence-electron chi connectivity index (χ0n) is 9.21. The molecular weight excluding hydrogens is 283 g/mol. The molecule has 0 aromatic heterocycles. The van der Waals surface area contributed by atoms with Crippen LogP contribution in [0.3, 0.4) is 0 Å². The second-order valence-corrected chi connectivity index (χ2v) is 4.68. The molecule has 0 aliphatic rings. The second-order valence-electron chi connectivity index (χ2n) is 3.83. The van der Waals surface area contributed by atoms with Gasteiger partial charge in [-0.3, -0.25) is 4.79 Å². The van der Waals surface area contributed by atoms with Crippen LogP contribution in [0.4, 0.5) is 4.39 Å². The van der Waals surface area contributed by atoms with Crippen molar-refractivity contribution in [1.82, 2.24) is 0 Å². The van der Waals surface area contributed by atoms with E-state index in [0.717, 1.165) is 5.56 Å². The minimum atomic E-state index is -0.427. The number of carbonyl (C=O) groups excluding carboxylic acids is 1. The first-order chi connectivity index (χ1) is 8.08. The van der Waals surface area contributed by atoms with Crippen LogP contribution in [0, 0.1) is 12.7 Å². The van der Waals surface area contributed by atoms with Crippen molar-refractivity contribution >= 4 is 21.7 Å². The second kappa shape index (κ2) is 4.80. The molecule has 17 heavy (non-hydrogen) atoms. The smallest absolute Gasteiger partial charge is 0.193 e. The first-order valence-electron chi connectivity index (χ1n) is 5.14. The average molecular weight is 293 g/mol. The van der Waals surface area contributed by atoms with Crippen molar-refractivity contribution in [3.8, 4) is 0 Å². The van der Waals surface area contributed by atoms with Crippen molar-refractivity contribution in [2.75, 3.05) is 0 Å². The van der Waals surface area contributed by atoms with Crippen LogP contribution in [-0.2, 0) is 0 Å². The summed E-state index contributed by atoms with van der Waals surface area (Å²) in [6.07, 6.45) is 0. The monoisotopic (exact) mass is 292 g/mol. The van der Waals surface area contributed by atoms with Crippen molar-refractivity contribution in [3.63, 3.8) is 0 Å². The molecule has 0 fully saturated rings. The van der Waals surface area contributed by atoms with Gasteiger partial charge in [-0.1, -0.05) is 23.8 Å². The molecule has 0 amide bonds. The summed E-state index contributed by atoms with van der Waals surface area (Å²) in [6, 6.07) is 11.7. The van der Waals surface area contributed by atoms with Gasteiger partial charge in [-0.25, -0.2) is 4.39 Å². The number of carbonyl (C=O) groups is 1. The van der Waals surface area contributed by atoms with Crippen LogP contribution in [0.2, 0.25) is 0 Å².